The van der Waals surface area contributed by atoms with Crippen LogP contribution in [0.2, 0.25) is 0 Å². The Morgan fingerprint density at radius 3 is 1.39 bits per heavy atom. The van der Waals surface area contributed by atoms with Crippen molar-refractivity contribution in [3.8, 4) is 0 Å². The molecule has 0 radical (unpaired) electrons. The number of carbonyl (C=O) groups is 7. The van der Waals surface area contributed by atoms with Crippen LogP contribution in [-0.2, 0) is 52.5 Å². The predicted molar refractivity (Wildman–Crippen MR) is 227 cm³/mol. The maximum absolute atomic E-state index is 12.3. The molecule has 0 bridgehead atoms. The Balaban J connectivity index is 3.66. The molecule has 0 aliphatic heterocycles. The van der Waals surface area contributed by atoms with E-state index in [2.05, 4.69) is 51.4 Å². The maximum Gasteiger partial charge on any atom is 0.326 e. The Kier molecular flexibility index (Phi) is 38.3. The molecule has 4 amide bonds. The van der Waals surface area contributed by atoms with Crippen LogP contribution in [0.25, 0.3) is 0 Å². The summed E-state index contributed by atoms with van der Waals surface area (Å²) in [6.45, 7) is 1.94. The largest absolute Gasteiger partial charge is 0.481 e. The molecule has 0 aliphatic rings. The normalized spacial score (nSPS) is 12.0. The first-order valence-corrected chi connectivity index (χ1v) is 21.8. The molecule has 0 heterocycles. The van der Waals surface area contributed by atoms with Crippen LogP contribution in [0.15, 0.2) is 0 Å². The fourth-order valence-corrected chi connectivity index (χ4v) is 6.10. The molecule has 7 N–H and O–H groups in total. The monoisotopic (exact) mass is 881 g/mol. The Labute approximate surface area is 360 Å². The van der Waals surface area contributed by atoms with E-state index in [-0.39, 0.29) is 120 Å². The average Bonchev–Trinajstić information content (AvgIpc) is 3.19. The fraction of sp³-hybridized carbons (Fsp3) is 0.821. The molecule has 0 rings (SSSR count). The molecule has 0 aliphatic carbocycles. The van der Waals surface area contributed by atoms with Crippen molar-refractivity contribution >= 4 is 66.1 Å². The van der Waals surface area contributed by atoms with Gasteiger partial charge in [-0.2, -0.15) is 0 Å². The molecule has 0 spiro atoms. The second kappa shape index (κ2) is 40.4. The topological polar surface area (TPSA) is 257 Å². The lowest BCUT2D eigenvalue weighted by atomic mass is 10.0. The van der Waals surface area contributed by atoms with Gasteiger partial charge in [-0.05, 0) is 38.5 Å². The van der Waals surface area contributed by atoms with Crippen molar-refractivity contribution in [1.82, 2.24) is 26.0 Å². The number of thiol groups is 2. The Hall–Kier alpha value is -3.01. The van der Waals surface area contributed by atoms with Gasteiger partial charge in [-0.1, -0.05) is 77.0 Å². The zero-order valence-electron chi connectivity index (χ0n) is 34.6. The Bertz CT molecular complexity index is 1170. The van der Waals surface area contributed by atoms with Gasteiger partial charge in [-0.3, -0.25) is 33.5 Å². The quantitative estimate of drug-likeness (QED) is 0.0316. The van der Waals surface area contributed by atoms with Gasteiger partial charge in [0.2, 0.25) is 28.7 Å². The summed E-state index contributed by atoms with van der Waals surface area (Å²) >= 11 is 7.66. The summed E-state index contributed by atoms with van der Waals surface area (Å²) in [5.74, 6) is -3.20. The molecule has 0 fully saturated rings. The minimum atomic E-state index is -1.19. The summed E-state index contributed by atoms with van der Waals surface area (Å²) in [6.07, 6.45) is 14.7. The first-order chi connectivity index (χ1) is 28.5. The van der Waals surface area contributed by atoms with Gasteiger partial charge in [0.25, 0.3) is 0 Å². The summed E-state index contributed by atoms with van der Waals surface area (Å²) in [7, 11) is 0. The van der Waals surface area contributed by atoms with Gasteiger partial charge in [-0.15, -0.1) is 12.6 Å². The molecule has 59 heavy (non-hydrogen) atoms. The first-order valence-electron chi connectivity index (χ1n) is 20.9. The summed E-state index contributed by atoms with van der Waals surface area (Å²) in [4.78, 5) is 81.5. The standard InChI is InChI=1S/C39H71N5O13S2/c45-33(19-18-31(38(51)52)43-34(46)16-11-9-7-5-3-1-2-4-6-8-10-12-17-37(49)50)41-21-23-54-25-28-57-30-36(48)42-22-24-55-26-27-56-29-35(47)40-20-14-13-15-32(44-59)39(53)58/h31-32,44,59H,1-30H2,(H,40,47)(H,41,45)(H,42,48)(H,43,46)(H,49,50)(H,51,52)(H,53,58). The molecule has 342 valence electrons. The lowest BCUT2D eigenvalue weighted by Gasteiger charge is -2.14. The number of carbonyl (C=O) groups excluding carboxylic acids is 5. The Morgan fingerprint density at radius 1 is 0.458 bits per heavy atom. The molecule has 20 heteroatoms. The number of ether oxygens (including phenoxy) is 4. The van der Waals surface area contributed by atoms with Gasteiger partial charge in [-0.25, -0.2) is 4.79 Å². The smallest absolute Gasteiger partial charge is 0.326 e. The van der Waals surface area contributed by atoms with Gasteiger partial charge in [0.05, 0.1) is 45.7 Å². The van der Waals surface area contributed by atoms with E-state index in [0.717, 1.165) is 57.8 Å². The van der Waals surface area contributed by atoms with Crippen LogP contribution in [0.3, 0.4) is 0 Å². The molecule has 0 aromatic heterocycles. The fourth-order valence-electron chi connectivity index (χ4n) is 5.56. The Morgan fingerprint density at radius 2 is 0.915 bits per heavy atom. The van der Waals surface area contributed by atoms with Crippen LogP contribution in [0.4, 0.5) is 0 Å². The summed E-state index contributed by atoms with van der Waals surface area (Å²) < 4.78 is 23.9. The number of carboxylic acid groups (broad SMARTS) is 2. The molecule has 0 aromatic rings. The highest BCUT2D eigenvalue weighted by atomic mass is 32.1. The second-order valence-corrected chi connectivity index (χ2v) is 14.7. The SMILES string of the molecule is O=C(O)CCCCCCCCCCCCCCC(=O)NC(CCC(=O)NCCOCCOCC(=O)NCCOCCOCC(=O)NCCCCC(NS)C(=O)S)C(=O)O. The molecule has 2 unspecified atom stereocenters. The van der Waals surface area contributed by atoms with E-state index in [0.29, 0.717) is 25.8 Å². The summed E-state index contributed by atoms with van der Waals surface area (Å²) in [5, 5.41) is 28.4. The van der Waals surface area contributed by atoms with Crippen LogP contribution in [0, 0.1) is 0 Å². The van der Waals surface area contributed by atoms with Crippen molar-refractivity contribution in [2.45, 2.75) is 134 Å². The van der Waals surface area contributed by atoms with E-state index in [1.807, 2.05) is 0 Å². The van der Waals surface area contributed by atoms with Crippen molar-refractivity contribution in [3.63, 3.8) is 0 Å². The zero-order chi connectivity index (χ0) is 43.8. The van der Waals surface area contributed by atoms with Crippen molar-refractivity contribution in [2.24, 2.45) is 0 Å². The minimum Gasteiger partial charge on any atom is -0.481 e. The van der Waals surface area contributed by atoms with Crippen molar-refractivity contribution < 1.29 is 62.7 Å². The highest BCUT2D eigenvalue weighted by Crippen LogP contribution is 2.13. The van der Waals surface area contributed by atoms with Crippen LogP contribution >= 0.6 is 25.4 Å². The van der Waals surface area contributed by atoms with Crippen molar-refractivity contribution in [3.05, 3.63) is 0 Å². The summed E-state index contributed by atoms with van der Waals surface area (Å²) in [5.41, 5.74) is 0. The number of amides is 4. The highest BCUT2D eigenvalue weighted by molar-refractivity contribution is 7.96. The first kappa shape index (κ1) is 56.0. The van der Waals surface area contributed by atoms with Gasteiger partial charge in [0.15, 0.2) is 0 Å². The number of hydrogen-bond acceptors (Lipinski definition) is 13. The molecule has 0 aromatic carbocycles. The third kappa shape index (κ3) is 38.9. The highest BCUT2D eigenvalue weighted by Gasteiger charge is 2.21. The van der Waals surface area contributed by atoms with Crippen LogP contribution in [0.1, 0.15) is 122 Å². The van der Waals surface area contributed by atoms with Gasteiger partial charge in [0.1, 0.15) is 19.3 Å². The van der Waals surface area contributed by atoms with Crippen LogP contribution < -0.4 is 26.0 Å². The number of nitrogens with one attached hydrogen (secondary N) is 5. The third-order valence-corrected chi connectivity index (χ3v) is 9.50. The van der Waals surface area contributed by atoms with E-state index < -0.39 is 24.0 Å². The van der Waals surface area contributed by atoms with E-state index in [9.17, 15) is 38.7 Å². The number of rotatable bonds is 43. The molecule has 0 saturated heterocycles. The summed E-state index contributed by atoms with van der Waals surface area (Å²) in [6, 6.07) is -1.57. The molecular weight excluding hydrogens is 811 g/mol. The average molecular weight is 882 g/mol. The van der Waals surface area contributed by atoms with E-state index in [1.54, 1.807) is 0 Å². The lowest BCUT2D eigenvalue weighted by molar-refractivity contribution is -0.142. The third-order valence-electron chi connectivity index (χ3n) is 8.88. The molecule has 18 nitrogen and oxygen atoms in total. The lowest BCUT2D eigenvalue weighted by Crippen LogP contribution is -2.41. The van der Waals surface area contributed by atoms with Crippen molar-refractivity contribution in [2.75, 3.05) is 72.5 Å². The van der Waals surface area contributed by atoms with Gasteiger partial charge in [0, 0.05) is 38.9 Å². The number of unbranched alkanes of at least 4 members (excludes halogenated alkanes) is 12. The molecule has 2 atom stereocenters. The van der Waals surface area contributed by atoms with E-state index >= 15 is 0 Å². The second-order valence-electron chi connectivity index (χ2n) is 14.0. The van der Waals surface area contributed by atoms with E-state index in [4.69, 9.17) is 24.1 Å². The van der Waals surface area contributed by atoms with E-state index in [1.165, 1.54) is 19.3 Å². The van der Waals surface area contributed by atoms with Crippen molar-refractivity contribution in [1.29, 1.82) is 0 Å². The predicted octanol–water partition coefficient (Wildman–Crippen LogP) is 2.73. The minimum absolute atomic E-state index is 0.0331. The van der Waals surface area contributed by atoms with Crippen LogP contribution in [-0.4, -0.2) is 135 Å². The number of carboxylic acids is 2. The molecular formula is C39H71N5O13S2. The number of aliphatic carboxylic acids is 2. The maximum atomic E-state index is 12.3. The van der Waals surface area contributed by atoms with Crippen LogP contribution in [0.5, 0.6) is 0 Å². The van der Waals surface area contributed by atoms with Gasteiger partial charge < -0.3 is 50.4 Å². The zero-order valence-corrected chi connectivity index (χ0v) is 36.4. The van der Waals surface area contributed by atoms with Gasteiger partial charge >= 0.3 is 11.9 Å². The molecule has 0 saturated carbocycles. The number of hydrogen-bond donors (Lipinski definition) is 9.